The Labute approximate surface area is 204 Å². The maximum Gasteiger partial charge on any atom is 0.290 e. The largest absolute Gasteiger partial charge is 0.483 e. The summed E-state index contributed by atoms with van der Waals surface area (Å²) in [5.74, 6) is -1.30. The first-order chi connectivity index (χ1) is 17.5. The van der Waals surface area contributed by atoms with E-state index in [2.05, 4.69) is 10.2 Å². The molecular weight excluding hydrogens is 475 g/mol. The Balaban J connectivity index is 0.000000848. The van der Waals surface area contributed by atoms with E-state index >= 15 is 0 Å². The minimum Gasteiger partial charge on any atom is -0.483 e. The summed E-state index contributed by atoms with van der Waals surface area (Å²) in [6.07, 6.45) is 2.84. The number of carboxylic acid groups (broad SMARTS) is 1. The van der Waals surface area contributed by atoms with Crippen molar-refractivity contribution in [3.63, 3.8) is 0 Å². The molecule has 2 aliphatic rings. The number of hydrogen-bond acceptors (Lipinski definition) is 5. The van der Waals surface area contributed by atoms with Gasteiger partial charge in [-0.3, -0.25) is 9.89 Å². The number of benzene rings is 2. The highest BCUT2D eigenvalue weighted by atomic mass is 19.2. The molecule has 1 saturated heterocycles. The maximum atomic E-state index is 14.3. The zero-order valence-corrected chi connectivity index (χ0v) is 19.2. The van der Waals surface area contributed by atoms with E-state index in [9.17, 15) is 13.2 Å². The van der Waals surface area contributed by atoms with Gasteiger partial charge in [0.1, 0.15) is 12.3 Å². The molecule has 2 aromatic heterocycles. The molecule has 3 heterocycles. The number of pyridine rings is 1. The van der Waals surface area contributed by atoms with Crippen LogP contribution in [0.3, 0.4) is 0 Å². The normalized spacial score (nSPS) is 20.0. The van der Waals surface area contributed by atoms with Crippen LogP contribution in [0.5, 0.6) is 5.88 Å². The molecule has 0 spiro atoms. The van der Waals surface area contributed by atoms with Crippen LogP contribution in [0.25, 0.3) is 32.8 Å². The lowest BCUT2D eigenvalue weighted by molar-refractivity contribution is -0.122. The second-order valence-electron chi connectivity index (χ2n) is 8.96. The summed E-state index contributed by atoms with van der Waals surface area (Å²) in [4.78, 5) is 13.3. The van der Waals surface area contributed by atoms with Gasteiger partial charge in [0, 0.05) is 48.3 Å². The lowest BCUT2D eigenvalue weighted by Gasteiger charge is -2.31. The van der Waals surface area contributed by atoms with Crippen molar-refractivity contribution in [1.82, 2.24) is 15.2 Å². The molecule has 0 unspecified atom stereocenters. The lowest BCUT2D eigenvalue weighted by Crippen LogP contribution is -2.35. The molecule has 0 amide bonds. The SMILES string of the molecule is Fc1ccc(-c2c(C3CCOCC3)nc(OC3CC(F)C3)c3cc4[nH]ncc4cc23)cc1F.O=CO. The molecule has 1 aliphatic carbocycles. The molecule has 0 radical (unpaired) electrons. The quantitative estimate of drug-likeness (QED) is 0.359. The molecule has 188 valence electrons. The summed E-state index contributed by atoms with van der Waals surface area (Å²) in [6.45, 7) is 0.954. The average molecular weight is 499 g/mol. The van der Waals surface area contributed by atoms with Crippen LogP contribution in [0.1, 0.15) is 37.3 Å². The number of nitrogens with zero attached hydrogens (tertiary/aromatic N) is 2. The zero-order valence-electron chi connectivity index (χ0n) is 19.2. The Kier molecular flexibility index (Phi) is 6.77. The van der Waals surface area contributed by atoms with Crippen molar-refractivity contribution in [2.45, 2.75) is 43.9 Å². The molecule has 2 N–H and O–H groups in total. The van der Waals surface area contributed by atoms with Crippen LogP contribution in [-0.2, 0) is 9.53 Å². The third kappa shape index (κ3) is 4.60. The fraction of sp³-hybridized carbons (Fsp3) is 0.346. The maximum absolute atomic E-state index is 14.3. The second kappa shape index (κ2) is 10.1. The van der Waals surface area contributed by atoms with E-state index in [4.69, 9.17) is 24.4 Å². The molecule has 6 rings (SSSR count). The number of rotatable bonds is 4. The molecule has 0 bridgehead atoms. The molecule has 1 saturated carbocycles. The van der Waals surface area contributed by atoms with Crippen molar-refractivity contribution < 1.29 is 32.5 Å². The number of H-pyrrole nitrogens is 1. The predicted molar refractivity (Wildman–Crippen MR) is 127 cm³/mol. The van der Waals surface area contributed by atoms with Gasteiger partial charge in [0.2, 0.25) is 5.88 Å². The van der Waals surface area contributed by atoms with E-state index < -0.39 is 17.8 Å². The van der Waals surface area contributed by atoms with E-state index in [0.717, 1.165) is 51.8 Å². The van der Waals surface area contributed by atoms with Gasteiger partial charge in [-0.15, -0.1) is 0 Å². The van der Waals surface area contributed by atoms with Crippen LogP contribution in [0.4, 0.5) is 13.2 Å². The summed E-state index contributed by atoms with van der Waals surface area (Å²) < 4.78 is 53.3. The van der Waals surface area contributed by atoms with Gasteiger partial charge in [0.15, 0.2) is 11.6 Å². The van der Waals surface area contributed by atoms with Crippen LogP contribution >= 0.6 is 0 Å². The number of hydrogen-bond donors (Lipinski definition) is 2. The Morgan fingerprint density at radius 2 is 1.83 bits per heavy atom. The monoisotopic (exact) mass is 499 g/mol. The van der Waals surface area contributed by atoms with E-state index in [-0.39, 0.29) is 18.5 Å². The van der Waals surface area contributed by atoms with E-state index in [1.807, 2.05) is 12.1 Å². The highest BCUT2D eigenvalue weighted by molar-refractivity contribution is 6.06. The minimum absolute atomic E-state index is 0.0731. The van der Waals surface area contributed by atoms with E-state index in [1.165, 1.54) is 6.07 Å². The second-order valence-corrected chi connectivity index (χ2v) is 8.96. The van der Waals surface area contributed by atoms with Gasteiger partial charge in [-0.05, 0) is 48.1 Å². The standard InChI is InChI=1S/C25H22F3N3O2.CH2O2/c26-16-9-17(10-16)33-25-19-11-22-15(12-29-31-22)7-18(19)23(14-1-2-20(27)21(28)8-14)24(30-25)13-3-5-32-6-4-13;2-1-3/h1-2,7-8,11-13,16-17H,3-6,9-10H2,(H,29,31);1H,(H,2,3). The third-order valence-corrected chi connectivity index (χ3v) is 6.69. The van der Waals surface area contributed by atoms with Crippen molar-refractivity contribution in [3.05, 3.63) is 53.9 Å². The summed E-state index contributed by atoms with van der Waals surface area (Å²) in [5, 5.41) is 16.4. The highest BCUT2D eigenvalue weighted by Gasteiger charge is 2.33. The number of aromatic amines is 1. The van der Waals surface area contributed by atoms with E-state index in [0.29, 0.717) is 37.5 Å². The number of fused-ring (bicyclic) bond motifs is 2. The first-order valence-electron chi connectivity index (χ1n) is 11.7. The molecule has 0 atom stereocenters. The number of ether oxygens (including phenoxy) is 2. The van der Waals surface area contributed by atoms with Gasteiger partial charge >= 0.3 is 0 Å². The van der Waals surface area contributed by atoms with Crippen LogP contribution in [0.2, 0.25) is 0 Å². The molecule has 1 aliphatic heterocycles. The van der Waals surface area contributed by atoms with Gasteiger partial charge in [0.05, 0.1) is 17.4 Å². The van der Waals surface area contributed by atoms with Crippen molar-refractivity contribution >= 4 is 28.1 Å². The smallest absolute Gasteiger partial charge is 0.290 e. The Bertz CT molecular complexity index is 1400. The van der Waals surface area contributed by atoms with Crippen molar-refractivity contribution in [1.29, 1.82) is 0 Å². The highest BCUT2D eigenvalue weighted by Crippen LogP contribution is 2.43. The van der Waals surface area contributed by atoms with Crippen molar-refractivity contribution in [2.24, 2.45) is 0 Å². The summed E-state index contributed by atoms with van der Waals surface area (Å²) in [5.41, 5.74) is 2.88. The third-order valence-electron chi connectivity index (χ3n) is 6.69. The fourth-order valence-corrected chi connectivity index (χ4v) is 4.81. The topological polar surface area (TPSA) is 97.3 Å². The molecule has 7 nitrogen and oxygen atoms in total. The molecule has 4 aromatic rings. The first-order valence-corrected chi connectivity index (χ1v) is 11.7. The average Bonchev–Trinajstić information content (AvgIpc) is 3.32. The van der Waals surface area contributed by atoms with E-state index in [1.54, 1.807) is 12.3 Å². The number of nitrogens with one attached hydrogen (secondary N) is 1. The summed E-state index contributed by atoms with van der Waals surface area (Å²) in [7, 11) is 0. The molecule has 2 aromatic carbocycles. The number of alkyl halides is 1. The predicted octanol–water partition coefficient (Wildman–Crippen LogP) is 5.53. The number of aromatic nitrogens is 3. The zero-order chi connectivity index (χ0) is 25.2. The van der Waals surface area contributed by atoms with Gasteiger partial charge < -0.3 is 14.6 Å². The molecule has 10 heteroatoms. The number of halogens is 3. The van der Waals surface area contributed by atoms with Gasteiger partial charge in [0.25, 0.3) is 6.47 Å². The van der Waals surface area contributed by atoms with Crippen molar-refractivity contribution in [3.8, 4) is 17.0 Å². The number of carbonyl (C=O) groups is 1. The van der Waals surface area contributed by atoms with Gasteiger partial charge in [-0.2, -0.15) is 5.10 Å². The molecule has 36 heavy (non-hydrogen) atoms. The Hall–Kier alpha value is -3.66. The summed E-state index contributed by atoms with van der Waals surface area (Å²) >= 11 is 0. The summed E-state index contributed by atoms with van der Waals surface area (Å²) in [6, 6.07) is 7.82. The van der Waals surface area contributed by atoms with Crippen molar-refractivity contribution in [2.75, 3.05) is 13.2 Å². The minimum atomic E-state index is -0.910. The van der Waals surface area contributed by atoms with Crippen LogP contribution < -0.4 is 4.74 Å². The van der Waals surface area contributed by atoms with Crippen LogP contribution in [-0.4, -0.2) is 52.2 Å². The first kappa shape index (κ1) is 24.1. The van der Waals surface area contributed by atoms with Gasteiger partial charge in [-0.1, -0.05) is 6.07 Å². The van der Waals surface area contributed by atoms with Gasteiger partial charge in [-0.25, -0.2) is 18.2 Å². The van der Waals surface area contributed by atoms with Crippen LogP contribution in [0, 0.1) is 11.6 Å². The van der Waals surface area contributed by atoms with Crippen LogP contribution in [0.15, 0.2) is 36.5 Å². The molecule has 2 fully saturated rings. The lowest BCUT2D eigenvalue weighted by atomic mass is 9.87. The fourth-order valence-electron chi connectivity index (χ4n) is 4.81. The Morgan fingerprint density at radius 3 is 2.53 bits per heavy atom. The Morgan fingerprint density at radius 1 is 1.08 bits per heavy atom. The molecular formula is C26H24F3N3O4.